The molecule has 0 bridgehead atoms. The Labute approximate surface area is 169 Å². The third-order valence-electron chi connectivity index (χ3n) is 4.52. The van der Waals surface area contributed by atoms with E-state index in [0.717, 1.165) is 15.4 Å². The van der Waals surface area contributed by atoms with Gasteiger partial charge in [-0.25, -0.2) is 12.8 Å². The Hall–Kier alpha value is -3.19. The smallest absolute Gasteiger partial charge is 0.264 e. The number of carbonyl (C=O) groups is 1. The quantitative estimate of drug-likeness (QED) is 0.668. The van der Waals surface area contributed by atoms with Gasteiger partial charge in [0, 0.05) is 19.2 Å². The van der Waals surface area contributed by atoms with Crippen LogP contribution in [0.25, 0.3) is 0 Å². The van der Waals surface area contributed by atoms with Gasteiger partial charge in [0.05, 0.1) is 10.6 Å². The number of sulfonamides is 1. The summed E-state index contributed by atoms with van der Waals surface area (Å²) in [5, 5.41) is 2.78. The fraction of sp³-hybridized carbons (Fsp3) is 0.136. The van der Waals surface area contributed by atoms with Crippen molar-refractivity contribution in [2.45, 2.75) is 18.4 Å². The Morgan fingerprint density at radius 1 is 1.00 bits per heavy atom. The van der Waals surface area contributed by atoms with Crippen LogP contribution in [-0.4, -0.2) is 21.4 Å². The minimum absolute atomic E-state index is 0.0678. The van der Waals surface area contributed by atoms with Gasteiger partial charge in [0.1, 0.15) is 5.82 Å². The zero-order valence-electron chi connectivity index (χ0n) is 16.1. The summed E-state index contributed by atoms with van der Waals surface area (Å²) in [6.45, 7) is 2.30. The van der Waals surface area contributed by atoms with E-state index < -0.39 is 21.7 Å². The van der Waals surface area contributed by atoms with Crippen LogP contribution >= 0.6 is 0 Å². The van der Waals surface area contributed by atoms with Gasteiger partial charge >= 0.3 is 0 Å². The van der Waals surface area contributed by atoms with Gasteiger partial charge in [-0.05, 0) is 42.8 Å². The van der Waals surface area contributed by atoms with Crippen LogP contribution in [0.1, 0.15) is 21.5 Å². The summed E-state index contributed by atoms with van der Waals surface area (Å²) in [5.41, 5.74) is 2.20. The molecule has 3 aromatic rings. The third-order valence-corrected chi connectivity index (χ3v) is 6.29. The Balaban J connectivity index is 1.80. The molecule has 0 spiro atoms. The SMILES string of the molecule is Cc1ccc(CNC(=O)c2cccc(S(=O)(=O)N(C)c3ccccc3F)c2)cc1. The molecule has 1 N–H and O–H groups in total. The summed E-state index contributed by atoms with van der Waals surface area (Å²) in [4.78, 5) is 12.4. The number of aryl methyl sites for hydroxylation is 1. The van der Waals surface area contributed by atoms with E-state index in [2.05, 4.69) is 5.32 Å². The zero-order valence-corrected chi connectivity index (χ0v) is 16.9. The first-order chi connectivity index (χ1) is 13.8. The van der Waals surface area contributed by atoms with Crippen LogP contribution in [0.4, 0.5) is 10.1 Å². The Morgan fingerprint density at radius 3 is 2.38 bits per heavy atom. The van der Waals surface area contributed by atoms with E-state index in [0.29, 0.717) is 6.54 Å². The summed E-state index contributed by atoms with van der Waals surface area (Å²) in [7, 11) is -2.75. The van der Waals surface area contributed by atoms with Crippen molar-refractivity contribution in [1.82, 2.24) is 5.32 Å². The maximum Gasteiger partial charge on any atom is 0.264 e. The van der Waals surface area contributed by atoms with Gasteiger partial charge in [-0.1, -0.05) is 48.0 Å². The highest BCUT2D eigenvalue weighted by Crippen LogP contribution is 2.25. The van der Waals surface area contributed by atoms with Crippen molar-refractivity contribution in [3.8, 4) is 0 Å². The van der Waals surface area contributed by atoms with Crippen LogP contribution in [0.15, 0.2) is 77.7 Å². The van der Waals surface area contributed by atoms with Crippen molar-refractivity contribution < 1.29 is 17.6 Å². The molecule has 7 heteroatoms. The topological polar surface area (TPSA) is 66.5 Å². The Morgan fingerprint density at radius 2 is 1.69 bits per heavy atom. The van der Waals surface area contributed by atoms with E-state index >= 15 is 0 Å². The summed E-state index contributed by atoms with van der Waals surface area (Å²) >= 11 is 0. The largest absolute Gasteiger partial charge is 0.348 e. The first-order valence-corrected chi connectivity index (χ1v) is 10.4. The molecule has 0 saturated carbocycles. The standard InChI is InChI=1S/C22H21FN2O3S/c1-16-10-12-17(13-11-16)15-24-22(26)18-6-5-7-19(14-18)29(27,28)25(2)21-9-4-3-8-20(21)23/h3-14H,15H2,1-2H3,(H,24,26). The summed E-state index contributed by atoms with van der Waals surface area (Å²) in [6, 6.07) is 19.0. The summed E-state index contributed by atoms with van der Waals surface area (Å²) in [6.07, 6.45) is 0. The number of para-hydroxylation sites is 1. The van der Waals surface area contributed by atoms with Crippen molar-refractivity contribution >= 4 is 21.6 Å². The molecule has 150 valence electrons. The lowest BCUT2D eigenvalue weighted by atomic mass is 10.1. The maximum atomic E-state index is 14.0. The number of hydrogen-bond acceptors (Lipinski definition) is 3. The number of carbonyl (C=O) groups excluding carboxylic acids is 1. The minimum Gasteiger partial charge on any atom is -0.348 e. The molecule has 0 unspecified atom stereocenters. The molecule has 0 fully saturated rings. The Bertz CT molecular complexity index is 1130. The number of rotatable bonds is 6. The van der Waals surface area contributed by atoms with E-state index in [9.17, 15) is 17.6 Å². The molecule has 3 rings (SSSR count). The predicted octanol–water partition coefficient (Wildman–Crippen LogP) is 3.89. The lowest BCUT2D eigenvalue weighted by Gasteiger charge is -2.20. The normalized spacial score (nSPS) is 11.1. The van der Waals surface area contributed by atoms with E-state index in [1.807, 2.05) is 31.2 Å². The molecule has 29 heavy (non-hydrogen) atoms. The highest BCUT2D eigenvalue weighted by molar-refractivity contribution is 7.92. The average molecular weight is 412 g/mol. The van der Waals surface area contributed by atoms with Crippen LogP contribution in [-0.2, 0) is 16.6 Å². The van der Waals surface area contributed by atoms with E-state index in [-0.39, 0.29) is 16.1 Å². The van der Waals surface area contributed by atoms with Gasteiger partial charge in [-0.15, -0.1) is 0 Å². The second-order valence-electron chi connectivity index (χ2n) is 6.62. The maximum absolute atomic E-state index is 14.0. The van der Waals surface area contributed by atoms with Crippen molar-refractivity contribution in [2.75, 3.05) is 11.4 Å². The first-order valence-electron chi connectivity index (χ1n) is 8.96. The molecular formula is C22H21FN2O3S. The summed E-state index contributed by atoms with van der Waals surface area (Å²) < 4.78 is 40.7. The lowest BCUT2D eigenvalue weighted by molar-refractivity contribution is 0.0950. The molecule has 0 aromatic heterocycles. The minimum atomic E-state index is -4.03. The number of anilines is 1. The van der Waals surface area contributed by atoms with Gasteiger partial charge in [-0.2, -0.15) is 0 Å². The van der Waals surface area contributed by atoms with Gasteiger partial charge in [0.15, 0.2) is 0 Å². The molecule has 0 atom stereocenters. The number of nitrogens with zero attached hydrogens (tertiary/aromatic N) is 1. The van der Waals surface area contributed by atoms with Gasteiger partial charge in [0.25, 0.3) is 15.9 Å². The Kier molecular flexibility index (Phi) is 5.98. The van der Waals surface area contributed by atoms with Gasteiger partial charge < -0.3 is 5.32 Å². The molecular weight excluding hydrogens is 391 g/mol. The third kappa shape index (κ3) is 4.63. The fourth-order valence-electron chi connectivity index (χ4n) is 2.78. The highest BCUT2D eigenvalue weighted by Gasteiger charge is 2.24. The number of benzene rings is 3. The highest BCUT2D eigenvalue weighted by atomic mass is 32.2. The molecule has 0 radical (unpaired) electrons. The van der Waals surface area contributed by atoms with Gasteiger partial charge in [-0.3, -0.25) is 9.10 Å². The van der Waals surface area contributed by atoms with Crippen LogP contribution < -0.4 is 9.62 Å². The first kappa shape index (κ1) is 20.5. The predicted molar refractivity (Wildman–Crippen MR) is 111 cm³/mol. The fourth-order valence-corrected chi connectivity index (χ4v) is 4.03. The van der Waals surface area contributed by atoms with E-state index in [4.69, 9.17) is 0 Å². The number of nitrogens with one attached hydrogen (secondary N) is 1. The van der Waals surface area contributed by atoms with E-state index in [1.54, 1.807) is 6.07 Å². The number of hydrogen-bond donors (Lipinski definition) is 1. The lowest BCUT2D eigenvalue weighted by Crippen LogP contribution is -2.28. The van der Waals surface area contributed by atoms with Crippen molar-refractivity contribution in [3.63, 3.8) is 0 Å². The second-order valence-corrected chi connectivity index (χ2v) is 8.59. The van der Waals surface area contributed by atoms with E-state index in [1.165, 1.54) is 49.5 Å². The van der Waals surface area contributed by atoms with Crippen LogP contribution in [0.2, 0.25) is 0 Å². The van der Waals surface area contributed by atoms with Crippen LogP contribution in [0.5, 0.6) is 0 Å². The van der Waals surface area contributed by atoms with Crippen molar-refractivity contribution in [2.24, 2.45) is 0 Å². The zero-order chi connectivity index (χ0) is 21.0. The summed E-state index contributed by atoms with van der Waals surface area (Å²) in [5.74, 6) is -1.04. The molecule has 5 nitrogen and oxygen atoms in total. The van der Waals surface area contributed by atoms with Gasteiger partial charge in [0.2, 0.25) is 0 Å². The number of halogens is 1. The van der Waals surface area contributed by atoms with Crippen molar-refractivity contribution in [3.05, 3.63) is 95.3 Å². The number of amides is 1. The molecule has 0 aliphatic carbocycles. The van der Waals surface area contributed by atoms with Crippen molar-refractivity contribution in [1.29, 1.82) is 0 Å². The van der Waals surface area contributed by atoms with Crippen LogP contribution in [0.3, 0.4) is 0 Å². The molecule has 1 amide bonds. The molecule has 3 aromatic carbocycles. The molecule has 0 heterocycles. The second kappa shape index (κ2) is 8.45. The average Bonchev–Trinajstić information content (AvgIpc) is 2.73. The molecule has 0 saturated heterocycles. The monoisotopic (exact) mass is 412 g/mol. The molecule has 0 aliphatic rings. The molecule has 0 aliphatic heterocycles. The van der Waals surface area contributed by atoms with Crippen LogP contribution in [0, 0.1) is 12.7 Å².